The van der Waals surface area contributed by atoms with Crippen LogP contribution < -0.4 is 10.1 Å². The Kier molecular flexibility index (Phi) is 6.43. The number of halogens is 1. The fourth-order valence-electron chi connectivity index (χ4n) is 2.69. The molecule has 0 aliphatic rings. The van der Waals surface area contributed by atoms with Crippen LogP contribution in [-0.2, 0) is 4.79 Å². The number of aliphatic hydroxyl groups excluding tert-OH is 1. The number of carbonyl (C=O) groups excluding carboxylic acids is 1. The van der Waals surface area contributed by atoms with E-state index in [1.54, 1.807) is 42.5 Å². The van der Waals surface area contributed by atoms with E-state index < -0.39 is 16.9 Å². The standard InChI is InChI=1S/C21H17ClN2O5/c22-15-6-11-19(18(12-15)21(26)14-4-2-1-3-5-14)23-20(25)13-29-17-9-7-16(8-10-17)24(27)28/h1-12,21,26H,13H2,(H,23,25)/t21-/m0/s1. The molecule has 148 valence electrons. The highest BCUT2D eigenvalue weighted by Crippen LogP contribution is 2.31. The van der Waals surface area contributed by atoms with Gasteiger partial charge in [-0.2, -0.15) is 0 Å². The lowest BCUT2D eigenvalue weighted by molar-refractivity contribution is -0.384. The van der Waals surface area contributed by atoms with E-state index in [4.69, 9.17) is 16.3 Å². The SMILES string of the molecule is O=C(COc1ccc([N+](=O)[O-])cc1)Nc1ccc(Cl)cc1[C@@H](O)c1ccccc1. The van der Waals surface area contributed by atoms with E-state index in [-0.39, 0.29) is 12.3 Å². The summed E-state index contributed by atoms with van der Waals surface area (Å²) < 4.78 is 5.36. The average Bonchev–Trinajstić information content (AvgIpc) is 2.74. The van der Waals surface area contributed by atoms with E-state index in [1.807, 2.05) is 6.07 Å². The minimum atomic E-state index is -0.971. The first-order valence-electron chi connectivity index (χ1n) is 8.63. The first-order valence-corrected chi connectivity index (χ1v) is 9.01. The van der Waals surface area contributed by atoms with Gasteiger partial charge in [-0.15, -0.1) is 0 Å². The summed E-state index contributed by atoms with van der Waals surface area (Å²) in [5.74, 6) is -0.126. The second kappa shape index (κ2) is 9.18. The summed E-state index contributed by atoms with van der Waals surface area (Å²) in [7, 11) is 0. The van der Waals surface area contributed by atoms with E-state index in [2.05, 4.69) is 5.32 Å². The van der Waals surface area contributed by atoms with Gasteiger partial charge in [0, 0.05) is 28.4 Å². The number of amides is 1. The Balaban J connectivity index is 1.69. The zero-order valence-corrected chi connectivity index (χ0v) is 15.9. The molecule has 0 saturated heterocycles. The van der Waals surface area contributed by atoms with Crippen molar-refractivity contribution < 1.29 is 19.6 Å². The van der Waals surface area contributed by atoms with Gasteiger partial charge in [0.1, 0.15) is 11.9 Å². The lowest BCUT2D eigenvalue weighted by Gasteiger charge is -2.17. The van der Waals surface area contributed by atoms with Crippen LogP contribution in [0.1, 0.15) is 17.2 Å². The molecule has 8 heteroatoms. The lowest BCUT2D eigenvalue weighted by atomic mass is 10.00. The van der Waals surface area contributed by atoms with Crippen LogP contribution in [0, 0.1) is 10.1 Å². The lowest BCUT2D eigenvalue weighted by Crippen LogP contribution is -2.21. The van der Waals surface area contributed by atoms with Gasteiger partial charge >= 0.3 is 0 Å². The third kappa shape index (κ3) is 5.31. The van der Waals surface area contributed by atoms with Crippen LogP contribution in [0.3, 0.4) is 0 Å². The van der Waals surface area contributed by atoms with Gasteiger partial charge in [-0.25, -0.2) is 0 Å². The van der Waals surface area contributed by atoms with Gasteiger partial charge < -0.3 is 15.2 Å². The van der Waals surface area contributed by atoms with Gasteiger partial charge in [-0.3, -0.25) is 14.9 Å². The number of carbonyl (C=O) groups is 1. The topological polar surface area (TPSA) is 102 Å². The number of benzene rings is 3. The third-order valence-electron chi connectivity index (χ3n) is 4.12. The Morgan fingerprint density at radius 3 is 2.45 bits per heavy atom. The highest BCUT2D eigenvalue weighted by Gasteiger charge is 2.17. The van der Waals surface area contributed by atoms with E-state index in [0.29, 0.717) is 27.6 Å². The molecule has 29 heavy (non-hydrogen) atoms. The van der Waals surface area contributed by atoms with E-state index in [1.165, 1.54) is 24.3 Å². The molecule has 7 nitrogen and oxygen atoms in total. The average molecular weight is 413 g/mol. The second-order valence-corrected chi connectivity index (χ2v) is 6.57. The van der Waals surface area contributed by atoms with E-state index in [0.717, 1.165) is 0 Å². The maximum absolute atomic E-state index is 12.3. The summed E-state index contributed by atoms with van der Waals surface area (Å²) in [6.45, 7) is -0.304. The Labute approximate surface area is 171 Å². The number of non-ortho nitro benzene ring substituents is 1. The molecule has 3 rings (SSSR count). The Morgan fingerprint density at radius 1 is 1.10 bits per heavy atom. The van der Waals surface area contributed by atoms with Gasteiger partial charge in [0.05, 0.1) is 4.92 Å². The van der Waals surface area contributed by atoms with Crippen molar-refractivity contribution in [1.29, 1.82) is 0 Å². The van der Waals surface area contributed by atoms with Crippen molar-refractivity contribution >= 4 is 28.9 Å². The molecule has 1 amide bonds. The molecule has 0 aromatic heterocycles. The molecule has 0 heterocycles. The number of nitrogens with zero attached hydrogens (tertiary/aromatic N) is 1. The number of nitro groups is 1. The molecule has 0 fully saturated rings. The summed E-state index contributed by atoms with van der Waals surface area (Å²) in [5.41, 5.74) is 1.45. The van der Waals surface area contributed by atoms with E-state index in [9.17, 15) is 20.0 Å². The van der Waals surface area contributed by atoms with Gasteiger partial charge in [-0.1, -0.05) is 41.9 Å². The number of aliphatic hydroxyl groups is 1. The number of hydrogen-bond acceptors (Lipinski definition) is 5. The van der Waals surface area contributed by atoms with Crippen LogP contribution in [0.4, 0.5) is 11.4 Å². The highest BCUT2D eigenvalue weighted by atomic mass is 35.5. The van der Waals surface area contributed by atoms with Gasteiger partial charge in [0.2, 0.25) is 0 Å². The molecule has 0 unspecified atom stereocenters. The Bertz CT molecular complexity index is 1010. The summed E-state index contributed by atoms with van der Waals surface area (Å²) in [5, 5.41) is 24.5. The van der Waals surface area contributed by atoms with Crippen LogP contribution >= 0.6 is 11.6 Å². The quantitative estimate of drug-likeness (QED) is 0.443. The van der Waals surface area contributed by atoms with Crippen molar-refractivity contribution in [2.24, 2.45) is 0 Å². The Hall–Kier alpha value is -3.42. The minimum absolute atomic E-state index is 0.0671. The monoisotopic (exact) mass is 412 g/mol. The maximum atomic E-state index is 12.3. The molecule has 0 spiro atoms. The van der Waals surface area contributed by atoms with Crippen LogP contribution in [0.5, 0.6) is 5.75 Å². The number of nitrogens with one attached hydrogen (secondary N) is 1. The zero-order valence-electron chi connectivity index (χ0n) is 15.1. The number of nitro benzene ring substituents is 1. The molecule has 1 atom stereocenters. The molecule has 0 bridgehead atoms. The first kappa shape index (κ1) is 20.3. The predicted octanol–water partition coefficient (Wildman–Crippen LogP) is 4.35. The van der Waals surface area contributed by atoms with Gasteiger partial charge in [0.15, 0.2) is 6.61 Å². The van der Waals surface area contributed by atoms with Crippen molar-refractivity contribution in [2.45, 2.75) is 6.10 Å². The van der Waals surface area contributed by atoms with Crippen molar-refractivity contribution in [3.63, 3.8) is 0 Å². The van der Waals surface area contributed by atoms with Crippen molar-refractivity contribution in [3.05, 3.63) is 99.1 Å². The summed E-state index contributed by atoms with van der Waals surface area (Å²) in [6, 6.07) is 19.2. The molecule has 3 aromatic rings. The summed E-state index contributed by atoms with van der Waals surface area (Å²) in [4.78, 5) is 22.4. The number of ether oxygens (including phenoxy) is 1. The minimum Gasteiger partial charge on any atom is -0.484 e. The maximum Gasteiger partial charge on any atom is 0.269 e. The van der Waals surface area contributed by atoms with Crippen LogP contribution in [0.25, 0.3) is 0 Å². The Morgan fingerprint density at radius 2 is 1.79 bits per heavy atom. The van der Waals surface area contributed by atoms with Crippen LogP contribution in [0.15, 0.2) is 72.8 Å². The smallest absolute Gasteiger partial charge is 0.269 e. The van der Waals surface area contributed by atoms with Gasteiger partial charge in [-0.05, 0) is 35.9 Å². The zero-order chi connectivity index (χ0) is 20.8. The normalized spacial score (nSPS) is 11.5. The molecule has 0 aliphatic carbocycles. The highest BCUT2D eigenvalue weighted by molar-refractivity contribution is 6.30. The van der Waals surface area contributed by atoms with Crippen molar-refractivity contribution in [1.82, 2.24) is 0 Å². The largest absolute Gasteiger partial charge is 0.484 e. The second-order valence-electron chi connectivity index (χ2n) is 6.13. The van der Waals surface area contributed by atoms with Gasteiger partial charge in [0.25, 0.3) is 11.6 Å². The molecular weight excluding hydrogens is 396 g/mol. The predicted molar refractivity (Wildman–Crippen MR) is 109 cm³/mol. The molecule has 0 aliphatic heterocycles. The van der Waals surface area contributed by atoms with Crippen LogP contribution in [0.2, 0.25) is 5.02 Å². The summed E-state index contributed by atoms with van der Waals surface area (Å²) >= 11 is 6.06. The van der Waals surface area contributed by atoms with Crippen molar-refractivity contribution in [3.8, 4) is 5.75 Å². The van der Waals surface area contributed by atoms with Crippen LogP contribution in [-0.4, -0.2) is 22.5 Å². The van der Waals surface area contributed by atoms with E-state index >= 15 is 0 Å². The third-order valence-corrected chi connectivity index (χ3v) is 4.35. The molecule has 2 N–H and O–H groups in total. The molecular formula is C21H17ClN2O5. The number of rotatable bonds is 7. The first-order chi connectivity index (χ1) is 13.9. The molecule has 0 radical (unpaired) electrons. The summed E-state index contributed by atoms with van der Waals surface area (Å²) in [6.07, 6.45) is -0.971. The fraction of sp³-hybridized carbons (Fsp3) is 0.0952. The number of hydrogen-bond donors (Lipinski definition) is 2. The fourth-order valence-corrected chi connectivity index (χ4v) is 2.87. The van der Waals surface area contributed by atoms with Crippen molar-refractivity contribution in [2.75, 3.05) is 11.9 Å². The molecule has 0 saturated carbocycles. The molecule has 3 aromatic carbocycles. The number of anilines is 1.